The molecule has 1 N–H and O–H groups in total. The zero-order valence-electron chi connectivity index (χ0n) is 5.82. The van der Waals surface area contributed by atoms with Crippen molar-refractivity contribution in [2.75, 3.05) is 5.75 Å². The van der Waals surface area contributed by atoms with Crippen molar-refractivity contribution in [3.63, 3.8) is 0 Å². The van der Waals surface area contributed by atoms with Crippen LogP contribution in [0.2, 0.25) is 0 Å². The van der Waals surface area contributed by atoms with Gasteiger partial charge in [-0.3, -0.25) is 4.55 Å². The molecular formula is C3H8N4Na2O3S2. The van der Waals surface area contributed by atoms with Crippen molar-refractivity contribution in [1.82, 2.24) is 20.2 Å². The second-order valence-electron chi connectivity index (χ2n) is 1.99. The quantitative estimate of drug-likeness (QED) is 0.355. The first-order chi connectivity index (χ1) is 5.49. The fraction of sp³-hybridized carbons (Fsp3) is 0.667. The van der Waals surface area contributed by atoms with Crippen molar-refractivity contribution in [3.05, 3.63) is 0 Å². The van der Waals surface area contributed by atoms with E-state index in [1.54, 1.807) is 0 Å². The predicted molar refractivity (Wildman–Crippen MR) is 55.8 cm³/mol. The third-order valence-electron chi connectivity index (χ3n) is 1.07. The van der Waals surface area contributed by atoms with Gasteiger partial charge in [0.05, 0.1) is 12.3 Å². The van der Waals surface area contributed by atoms with Crippen LogP contribution in [0.4, 0.5) is 0 Å². The summed E-state index contributed by atoms with van der Waals surface area (Å²) in [6.45, 7) is -0.00926. The number of hydrogen-bond acceptors (Lipinski definition) is 6. The number of thiol groups is 1. The number of aromatic nitrogens is 4. The number of tetrazole rings is 1. The summed E-state index contributed by atoms with van der Waals surface area (Å²) in [4.78, 5) is 0. The van der Waals surface area contributed by atoms with Crippen molar-refractivity contribution in [3.8, 4) is 0 Å². The van der Waals surface area contributed by atoms with Gasteiger partial charge in [-0.05, 0) is 10.4 Å². The fourth-order valence-electron chi connectivity index (χ4n) is 0.546. The second-order valence-corrected chi connectivity index (χ2v) is 3.96. The maximum atomic E-state index is 10.3. The van der Waals surface area contributed by atoms with Gasteiger partial charge in [-0.2, -0.15) is 8.42 Å². The minimum atomic E-state index is -3.97. The van der Waals surface area contributed by atoms with Gasteiger partial charge in [-0.15, -0.1) is 17.7 Å². The van der Waals surface area contributed by atoms with E-state index in [-0.39, 0.29) is 70.8 Å². The van der Waals surface area contributed by atoms with E-state index in [1.165, 1.54) is 0 Å². The van der Waals surface area contributed by atoms with E-state index in [0.717, 1.165) is 4.68 Å². The van der Waals surface area contributed by atoms with E-state index >= 15 is 0 Å². The van der Waals surface area contributed by atoms with Crippen LogP contribution < -0.4 is 0 Å². The molecular weight excluding hydrogens is 250 g/mol. The molecule has 0 spiro atoms. The third-order valence-corrected chi connectivity index (χ3v) is 2.09. The number of nitrogens with zero attached hydrogens (tertiary/aromatic N) is 4. The molecule has 0 saturated heterocycles. The molecule has 0 unspecified atom stereocenters. The van der Waals surface area contributed by atoms with Crippen LogP contribution in [0.1, 0.15) is 0 Å². The molecule has 0 aliphatic heterocycles. The van der Waals surface area contributed by atoms with Gasteiger partial charge >= 0.3 is 59.1 Å². The van der Waals surface area contributed by atoms with Crippen molar-refractivity contribution < 1.29 is 13.0 Å². The Morgan fingerprint density at radius 2 is 2.00 bits per heavy atom. The average molecular weight is 258 g/mol. The van der Waals surface area contributed by atoms with Gasteiger partial charge in [0.2, 0.25) is 5.16 Å². The van der Waals surface area contributed by atoms with E-state index in [4.69, 9.17) is 4.55 Å². The standard InChI is InChI=1S/C3H6N4O3S2.2Na.2H/c8-12(9,10)2-1-7-3(11)4-5-6-7;;;;/h1-2H2,(H,4,6,11)(H,8,9,10);;;;. The molecule has 0 fully saturated rings. The molecule has 0 amide bonds. The summed E-state index contributed by atoms with van der Waals surface area (Å²) in [7, 11) is -3.97. The first-order valence-corrected chi connectivity index (χ1v) is 4.95. The van der Waals surface area contributed by atoms with Crippen LogP contribution in [0.15, 0.2) is 5.16 Å². The molecule has 1 aromatic heterocycles. The monoisotopic (exact) mass is 258 g/mol. The van der Waals surface area contributed by atoms with Crippen LogP contribution in [-0.2, 0) is 16.7 Å². The third kappa shape index (κ3) is 6.75. The Hall–Kier alpha value is 1.33. The summed E-state index contributed by atoms with van der Waals surface area (Å²) in [6, 6.07) is 0. The topological polar surface area (TPSA) is 98.0 Å². The molecule has 11 heteroatoms. The Labute approximate surface area is 131 Å². The zero-order valence-corrected chi connectivity index (χ0v) is 7.53. The van der Waals surface area contributed by atoms with Gasteiger partial charge in [0.25, 0.3) is 10.1 Å². The Morgan fingerprint density at radius 3 is 2.36 bits per heavy atom. The molecule has 0 atom stereocenters. The average Bonchev–Trinajstić information content (AvgIpc) is 2.29. The Kier molecular flexibility index (Phi) is 9.59. The van der Waals surface area contributed by atoms with Crippen LogP contribution in [0.3, 0.4) is 0 Å². The summed E-state index contributed by atoms with van der Waals surface area (Å²) in [5.74, 6) is -0.425. The van der Waals surface area contributed by atoms with Crippen molar-refractivity contribution >= 4 is 81.9 Å². The van der Waals surface area contributed by atoms with Crippen LogP contribution in [0, 0.1) is 0 Å². The summed E-state index contributed by atoms with van der Waals surface area (Å²) in [5.41, 5.74) is 0. The van der Waals surface area contributed by atoms with Gasteiger partial charge in [0.1, 0.15) is 0 Å². The molecule has 72 valence electrons. The molecule has 0 radical (unpaired) electrons. The number of aryl methyl sites for hydroxylation is 1. The minimum absolute atomic E-state index is 0. The summed E-state index contributed by atoms with van der Waals surface area (Å²) < 4.78 is 30.1. The summed E-state index contributed by atoms with van der Waals surface area (Å²) >= 11 is 3.83. The molecule has 1 rings (SSSR count). The molecule has 1 heterocycles. The molecule has 0 bridgehead atoms. The van der Waals surface area contributed by atoms with Gasteiger partial charge in [0, 0.05) is 0 Å². The van der Waals surface area contributed by atoms with Crippen molar-refractivity contribution in [2.24, 2.45) is 0 Å². The summed E-state index contributed by atoms with van der Waals surface area (Å²) in [5, 5.41) is 10.3. The number of hydrogen-bond donors (Lipinski definition) is 2. The van der Waals surface area contributed by atoms with Gasteiger partial charge < -0.3 is 0 Å². The molecule has 14 heavy (non-hydrogen) atoms. The van der Waals surface area contributed by atoms with E-state index in [0.29, 0.717) is 0 Å². The second kappa shape index (κ2) is 7.58. The van der Waals surface area contributed by atoms with Crippen molar-refractivity contribution in [1.29, 1.82) is 0 Å². The predicted octanol–water partition coefficient (Wildman–Crippen LogP) is -2.45. The van der Waals surface area contributed by atoms with E-state index in [2.05, 4.69) is 28.2 Å². The Balaban J connectivity index is 0. The molecule has 0 saturated carbocycles. The number of rotatable bonds is 3. The maximum absolute atomic E-state index is 10.3. The molecule has 7 nitrogen and oxygen atoms in total. The van der Waals surface area contributed by atoms with E-state index < -0.39 is 15.9 Å². The Bertz CT molecular complexity index is 366. The fourth-order valence-corrected chi connectivity index (χ4v) is 1.13. The normalized spacial score (nSPS) is 10.1. The van der Waals surface area contributed by atoms with Crippen molar-refractivity contribution in [2.45, 2.75) is 11.7 Å². The molecule has 1 aromatic rings. The van der Waals surface area contributed by atoms with E-state index in [1.807, 2.05) is 0 Å². The first-order valence-electron chi connectivity index (χ1n) is 2.89. The molecule has 0 aliphatic rings. The molecule has 0 aromatic carbocycles. The van der Waals surface area contributed by atoms with Gasteiger partial charge in [-0.25, -0.2) is 4.68 Å². The van der Waals surface area contributed by atoms with Crippen LogP contribution in [0.25, 0.3) is 0 Å². The Morgan fingerprint density at radius 1 is 1.43 bits per heavy atom. The van der Waals surface area contributed by atoms with Gasteiger partial charge in [0.15, 0.2) is 0 Å². The molecule has 0 aliphatic carbocycles. The summed E-state index contributed by atoms with van der Waals surface area (Å²) in [6.07, 6.45) is 0. The van der Waals surface area contributed by atoms with Crippen LogP contribution in [-0.4, -0.2) is 98.0 Å². The first kappa shape index (κ1) is 17.7. The van der Waals surface area contributed by atoms with E-state index in [9.17, 15) is 8.42 Å². The van der Waals surface area contributed by atoms with Crippen LogP contribution >= 0.6 is 12.6 Å². The van der Waals surface area contributed by atoms with Crippen LogP contribution in [0.5, 0.6) is 0 Å². The zero-order chi connectivity index (χ0) is 9.19. The SMILES string of the molecule is O=S(=O)(O)CCn1nnnc1S.[NaH].[NaH]. The van der Waals surface area contributed by atoms with Gasteiger partial charge in [-0.1, -0.05) is 0 Å².